The summed E-state index contributed by atoms with van der Waals surface area (Å²) in [4.78, 5) is 26.0. The summed E-state index contributed by atoms with van der Waals surface area (Å²) < 4.78 is 32.4. The molecule has 0 unspecified atom stereocenters. The van der Waals surface area contributed by atoms with Crippen LogP contribution in [0.1, 0.15) is 5.56 Å². The van der Waals surface area contributed by atoms with Crippen LogP contribution in [0.2, 0.25) is 25.7 Å². The van der Waals surface area contributed by atoms with Gasteiger partial charge in [0, 0.05) is 26.3 Å². The molecule has 9 nitrogen and oxygen atoms in total. The number of nitrogens with one attached hydrogen (secondary N) is 2. The lowest BCUT2D eigenvalue weighted by atomic mass is 10.1. The molecule has 1 amide bonds. The van der Waals surface area contributed by atoms with Crippen molar-refractivity contribution in [3.63, 3.8) is 0 Å². The van der Waals surface area contributed by atoms with Crippen LogP contribution in [0.4, 0.5) is 4.79 Å². The van der Waals surface area contributed by atoms with Gasteiger partial charge in [-0.15, -0.1) is 0 Å². The zero-order valence-electron chi connectivity index (χ0n) is 16.1. The molecule has 0 aliphatic carbocycles. The van der Waals surface area contributed by atoms with Gasteiger partial charge < -0.3 is 14.8 Å². The molecule has 0 saturated carbocycles. The SMILES string of the molecule is C[Si](C)(C)CCOC(=O)NS(=O)(=O)N(CC(=O)O)Cc1ccc2[nH]ccc2c1. The molecule has 0 bridgehead atoms. The van der Waals surface area contributed by atoms with Crippen molar-refractivity contribution in [3.05, 3.63) is 36.0 Å². The third kappa shape index (κ3) is 6.66. The van der Waals surface area contributed by atoms with Crippen LogP contribution in [-0.4, -0.2) is 56.1 Å². The third-order valence-corrected chi connectivity index (χ3v) is 6.99. The molecule has 28 heavy (non-hydrogen) atoms. The molecule has 0 atom stereocenters. The highest BCUT2D eigenvalue weighted by atomic mass is 32.2. The molecule has 0 radical (unpaired) electrons. The quantitative estimate of drug-likeness (QED) is 0.527. The van der Waals surface area contributed by atoms with Gasteiger partial charge in [-0.05, 0) is 35.2 Å². The van der Waals surface area contributed by atoms with Gasteiger partial charge >= 0.3 is 22.3 Å². The molecular weight excluding hydrogens is 402 g/mol. The number of fused-ring (bicyclic) bond motifs is 1. The van der Waals surface area contributed by atoms with Crippen molar-refractivity contribution in [2.24, 2.45) is 0 Å². The molecule has 0 fully saturated rings. The second-order valence-corrected chi connectivity index (χ2v) is 14.9. The van der Waals surface area contributed by atoms with Gasteiger partial charge in [0.05, 0.1) is 6.61 Å². The molecule has 1 aromatic heterocycles. The van der Waals surface area contributed by atoms with Gasteiger partial charge in [0.15, 0.2) is 0 Å². The number of hydrogen-bond donors (Lipinski definition) is 3. The first kappa shape index (κ1) is 21.9. The van der Waals surface area contributed by atoms with E-state index in [0.29, 0.717) is 15.9 Å². The van der Waals surface area contributed by atoms with E-state index in [0.717, 1.165) is 10.9 Å². The molecule has 11 heteroatoms. The van der Waals surface area contributed by atoms with Gasteiger partial charge in [-0.3, -0.25) is 4.79 Å². The van der Waals surface area contributed by atoms with Crippen molar-refractivity contribution >= 4 is 41.2 Å². The number of aromatic amines is 1. The van der Waals surface area contributed by atoms with Crippen molar-refractivity contribution < 1.29 is 27.9 Å². The Hall–Kier alpha value is -2.37. The molecule has 3 N–H and O–H groups in total. The van der Waals surface area contributed by atoms with Crippen molar-refractivity contribution in [3.8, 4) is 0 Å². The monoisotopic (exact) mass is 427 g/mol. The van der Waals surface area contributed by atoms with E-state index in [1.807, 2.05) is 6.07 Å². The third-order valence-electron chi connectivity index (χ3n) is 3.93. The first-order chi connectivity index (χ1) is 13.0. The molecule has 2 aromatic rings. The Labute approximate surface area is 164 Å². The van der Waals surface area contributed by atoms with E-state index in [2.05, 4.69) is 24.6 Å². The van der Waals surface area contributed by atoms with Gasteiger partial charge in [-0.1, -0.05) is 25.7 Å². The lowest BCUT2D eigenvalue weighted by Crippen LogP contribution is -2.45. The average molecular weight is 428 g/mol. The minimum atomic E-state index is -4.39. The van der Waals surface area contributed by atoms with E-state index < -0.39 is 36.9 Å². The predicted molar refractivity (Wildman–Crippen MR) is 108 cm³/mol. The summed E-state index contributed by atoms with van der Waals surface area (Å²) in [6.07, 6.45) is 0.632. The summed E-state index contributed by atoms with van der Waals surface area (Å²) in [7, 11) is -5.83. The van der Waals surface area contributed by atoms with Crippen molar-refractivity contribution in [2.75, 3.05) is 13.2 Å². The van der Waals surface area contributed by atoms with Crippen molar-refractivity contribution in [1.29, 1.82) is 0 Å². The smallest absolute Gasteiger partial charge is 0.421 e. The fourth-order valence-electron chi connectivity index (χ4n) is 2.43. The van der Waals surface area contributed by atoms with Crippen molar-refractivity contribution in [2.45, 2.75) is 32.2 Å². The topological polar surface area (TPSA) is 129 Å². The summed E-state index contributed by atoms with van der Waals surface area (Å²) in [6, 6.07) is 7.73. The summed E-state index contributed by atoms with van der Waals surface area (Å²) in [5.41, 5.74) is 1.46. The number of carboxylic acids is 1. The van der Waals surface area contributed by atoms with E-state index in [1.165, 1.54) is 0 Å². The number of amides is 1. The lowest BCUT2D eigenvalue weighted by Gasteiger charge is -2.21. The van der Waals surface area contributed by atoms with E-state index in [-0.39, 0.29) is 13.2 Å². The van der Waals surface area contributed by atoms with Crippen LogP contribution in [0, 0.1) is 0 Å². The highest BCUT2D eigenvalue weighted by Crippen LogP contribution is 2.17. The average Bonchev–Trinajstić information content (AvgIpc) is 2.99. The van der Waals surface area contributed by atoms with Crippen LogP contribution in [-0.2, 0) is 26.3 Å². The Kier molecular flexibility index (Phi) is 6.85. The van der Waals surface area contributed by atoms with Gasteiger partial charge in [0.2, 0.25) is 0 Å². The van der Waals surface area contributed by atoms with E-state index >= 15 is 0 Å². The normalized spacial score (nSPS) is 12.3. The van der Waals surface area contributed by atoms with Crippen LogP contribution in [0.5, 0.6) is 0 Å². The zero-order valence-corrected chi connectivity index (χ0v) is 17.9. The van der Waals surface area contributed by atoms with Gasteiger partial charge in [-0.2, -0.15) is 12.7 Å². The van der Waals surface area contributed by atoms with E-state index in [4.69, 9.17) is 9.84 Å². The number of H-pyrrole nitrogens is 1. The number of carbonyl (C=O) groups is 2. The Morgan fingerprint density at radius 2 is 1.96 bits per heavy atom. The first-order valence-corrected chi connectivity index (χ1v) is 13.8. The number of aromatic nitrogens is 1. The number of nitrogens with zero attached hydrogens (tertiary/aromatic N) is 1. The first-order valence-electron chi connectivity index (χ1n) is 8.69. The minimum absolute atomic E-state index is 0.111. The number of aliphatic carboxylic acids is 1. The van der Waals surface area contributed by atoms with Crippen LogP contribution >= 0.6 is 0 Å². The minimum Gasteiger partial charge on any atom is -0.480 e. The van der Waals surface area contributed by atoms with Crippen molar-refractivity contribution in [1.82, 2.24) is 14.0 Å². The molecule has 0 aliphatic heterocycles. The Morgan fingerprint density at radius 1 is 1.25 bits per heavy atom. The lowest BCUT2D eigenvalue weighted by molar-refractivity contribution is -0.137. The molecule has 1 heterocycles. The van der Waals surface area contributed by atoms with Gasteiger partial charge in [0.25, 0.3) is 0 Å². The summed E-state index contributed by atoms with van der Waals surface area (Å²) in [5, 5.41) is 9.94. The number of carbonyl (C=O) groups excluding carboxylic acids is 1. The maximum absolute atomic E-state index is 12.5. The molecule has 0 aliphatic rings. The summed E-state index contributed by atoms with van der Waals surface area (Å²) >= 11 is 0. The van der Waals surface area contributed by atoms with Gasteiger partial charge in [-0.25, -0.2) is 9.52 Å². The second kappa shape index (κ2) is 8.75. The highest BCUT2D eigenvalue weighted by Gasteiger charge is 2.27. The van der Waals surface area contributed by atoms with Crippen LogP contribution in [0.15, 0.2) is 30.5 Å². The Morgan fingerprint density at radius 3 is 2.61 bits per heavy atom. The highest BCUT2D eigenvalue weighted by molar-refractivity contribution is 7.87. The Balaban J connectivity index is 2.09. The second-order valence-electron chi connectivity index (χ2n) is 7.61. The standard InChI is InChI=1S/C17H25N3O6SSi/c1-28(2,3)9-8-26-17(23)19-27(24,25)20(12-16(21)22)11-13-4-5-15-14(10-13)6-7-18-15/h4-7,10,18H,8-9,11-12H2,1-3H3,(H,19,23)(H,21,22). The fraction of sp³-hybridized carbons (Fsp3) is 0.412. The Bertz CT molecular complexity index is 951. The van der Waals surface area contributed by atoms with Gasteiger partial charge in [0.1, 0.15) is 6.54 Å². The molecule has 2 rings (SSSR count). The van der Waals surface area contributed by atoms with E-state index in [1.54, 1.807) is 29.1 Å². The molecular formula is C17H25N3O6SSi. The fourth-order valence-corrected chi connectivity index (χ4v) is 4.14. The van der Waals surface area contributed by atoms with Crippen LogP contribution in [0.25, 0.3) is 10.9 Å². The number of hydrogen-bond acceptors (Lipinski definition) is 5. The van der Waals surface area contributed by atoms with Crippen LogP contribution < -0.4 is 4.72 Å². The maximum atomic E-state index is 12.5. The molecule has 0 saturated heterocycles. The number of carboxylic acid groups (broad SMARTS) is 1. The van der Waals surface area contributed by atoms with E-state index in [9.17, 15) is 18.0 Å². The predicted octanol–water partition coefficient (Wildman–Crippen LogP) is 2.36. The summed E-state index contributed by atoms with van der Waals surface area (Å²) in [6.45, 7) is 5.41. The number of benzene rings is 1. The molecule has 1 aromatic carbocycles. The zero-order chi connectivity index (χ0) is 20.9. The van der Waals surface area contributed by atoms with Crippen LogP contribution in [0.3, 0.4) is 0 Å². The molecule has 154 valence electrons. The number of ether oxygens (including phenoxy) is 1. The largest absolute Gasteiger partial charge is 0.480 e. The summed E-state index contributed by atoms with van der Waals surface area (Å²) in [5.74, 6) is -1.33. The number of rotatable bonds is 9. The maximum Gasteiger partial charge on any atom is 0.421 e. The molecule has 0 spiro atoms.